The number of para-hydroxylation sites is 1. The van der Waals surface area contributed by atoms with E-state index in [1.165, 1.54) is 0 Å². The highest BCUT2D eigenvalue weighted by Gasteiger charge is 2.31. The maximum Gasteiger partial charge on any atom is 0.303 e. The molecule has 1 atom stereocenters. The lowest BCUT2D eigenvalue weighted by Gasteiger charge is -2.25. The number of carboxylic acid groups (broad SMARTS) is 1. The minimum atomic E-state index is -0.806. The Morgan fingerprint density at radius 1 is 1.07 bits per heavy atom. The van der Waals surface area contributed by atoms with E-state index in [9.17, 15) is 9.59 Å². The second-order valence-electron chi connectivity index (χ2n) is 7.85. The average Bonchev–Trinajstić information content (AvgIpc) is 2.81. The lowest BCUT2D eigenvalue weighted by Crippen LogP contribution is -2.39. The number of anilines is 1. The summed E-state index contributed by atoms with van der Waals surface area (Å²) in [6, 6.07) is 17.4. The molecular formula is C24H28N2O3. The van der Waals surface area contributed by atoms with Crippen LogP contribution in [0.1, 0.15) is 50.7 Å². The molecule has 5 heteroatoms. The smallest absolute Gasteiger partial charge is 0.303 e. The standard InChI is InChI=1S/C24H28N2O3/c1-17(2)16-20-24(29)26(15-9-8-14-22(27)28)21-13-7-6-12-19(21)23(25-20)18-10-4-3-5-11-18/h3-7,10-13,17,20H,8-9,14-16H2,1-2H3,(H,27,28)/t20-/m0/s1. The fourth-order valence-electron chi connectivity index (χ4n) is 3.69. The molecule has 1 heterocycles. The number of aliphatic carboxylic acids is 1. The second-order valence-corrected chi connectivity index (χ2v) is 7.85. The number of benzodiazepines with no additional fused rings is 1. The second kappa shape index (κ2) is 9.50. The average molecular weight is 392 g/mol. The summed E-state index contributed by atoms with van der Waals surface area (Å²) in [4.78, 5) is 31.0. The molecule has 0 saturated heterocycles. The summed E-state index contributed by atoms with van der Waals surface area (Å²) in [6.07, 6.45) is 1.98. The number of hydrogen-bond donors (Lipinski definition) is 1. The summed E-state index contributed by atoms with van der Waals surface area (Å²) in [5.41, 5.74) is 3.63. The number of hydrogen-bond acceptors (Lipinski definition) is 3. The van der Waals surface area contributed by atoms with E-state index in [-0.39, 0.29) is 12.3 Å². The molecule has 2 aromatic carbocycles. The van der Waals surface area contributed by atoms with E-state index in [0.717, 1.165) is 22.5 Å². The predicted octanol–water partition coefficient (Wildman–Crippen LogP) is 4.54. The lowest BCUT2D eigenvalue weighted by atomic mass is 10.00. The van der Waals surface area contributed by atoms with Crippen LogP contribution >= 0.6 is 0 Å². The predicted molar refractivity (Wildman–Crippen MR) is 116 cm³/mol. The van der Waals surface area contributed by atoms with Gasteiger partial charge in [-0.3, -0.25) is 14.6 Å². The van der Waals surface area contributed by atoms with Crippen molar-refractivity contribution in [1.82, 2.24) is 0 Å². The highest BCUT2D eigenvalue weighted by Crippen LogP contribution is 2.30. The molecule has 0 aromatic heterocycles. The third kappa shape index (κ3) is 5.11. The molecule has 0 fully saturated rings. The maximum absolute atomic E-state index is 13.5. The summed E-state index contributed by atoms with van der Waals surface area (Å²) in [7, 11) is 0. The SMILES string of the molecule is CC(C)C[C@@H]1N=C(c2ccccc2)c2ccccc2N(CCCCC(=O)O)C1=O. The van der Waals surface area contributed by atoms with Crippen LogP contribution in [0.4, 0.5) is 5.69 Å². The Hall–Kier alpha value is -2.95. The number of benzene rings is 2. The van der Waals surface area contributed by atoms with Gasteiger partial charge in [-0.25, -0.2) is 0 Å². The minimum absolute atomic E-state index is 0.00703. The molecule has 1 N–H and O–H groups in total. The monoisotopic (exact) mass is 392 g/mol. The van der Waals surface area contributed by atoms with Crippen molar-refractivity contribution in [2.24, 2.45) is 10.9 Å². The van der Waals surface area contributed by atoms with Crippen molar-refractivity contribution in [2.75, 3.05) is 11.4 Å². The van der Waals surface area contributed by atoms with Crippen LogP contribution in [0.25, 0.3) is 0 Å². The topological polar surface area (TPSA) is 70.0 Å². The quantitative estimate of drug-likeness (QED) is 0.671. The van der Waals surface area contributed by atoms with Crippen LogP contribution in [0.3, 0.4) is 0 Å². The minimum Gasteiger partial charge on any atom is -0.481 e. The van der Waals surface area contributed by atoms with Crippen LogP contribution in [0.15, 0.2) is 59.6 Å². The van der Waals surface area contributed by atoms with E-state index < -0.39 is 12.0 Å². The summed E-state index contributed by atoms with van der Waals surface area (Å²) in [5.74, 6) is -0.479. The molecule has 29 heavy (non-hydrogen) atoms. The number of rotatable bonds is 8. The van der Waals surface area contributed by atoms with E-state index >= 15 is 0 Å². The fourth-order valence-corrected chi connectivity index (χ4v) is 3.69. The van der Waals surface area contributed by atoms with Crippen LogP contribution in [-0.2, 0) is 9.59 Å². The Balaban J connectivity index is 2.02. The molecule has 0 unspecified atom stereocenters. The largest absolute Gasteiger partial charge is 0.481 e. The molecule has 0 bridgehead atoms. The highest BCUT2D eigenvalue weighted by molar-refractivity contribution is 6.20. The number of nitrogens with zero attached hydrogens (tertiary/aromatic N) is 2. The van der Waals surface area contributed by atoms with Crippen LogP contribution < -0.4 is 4.90 Å². The molecular weight excluding hydrogens is 364 g/mol. The third-order valence-corrected chi connectivity index (χ3v) is 5.05. The number of aliphatic imine (C=N–C) groups is 1. The van der Waals surface area contributed by atoms with Gasteiger partial charge in [-0.2, -0.15) is 0 Å². The molecule has 1 aliphatic rings. The van der Waals surface area contributed by atoms with E-state index in [4.69, 9.17) is 10.1 Å². The fraction of sp³-hybridized carbons (Fsp3) is 0.375. The number of carboxylic acids is 1. The highest BCUT2D eigenvalue weighted by atomic mass is 16.4. The van der Waals surface area contributed by atoms with Gasteiger partial charge in [0.1, 0.15) is 6.04 Å². The van der Waals surface area contributed by atoms with Crippen LogP contribution in [-0.4, -0.2) is 35.3 Å². The van der Waals surface area contributed by atoms with Gasteiger partial charge in [0, 0.05) is 24.1 Å². The van der Waals surface area contributed by atoms with Crippen molar-refractivity contribution in [3.63, 3.8) is 0 Å². The summed E-state index contributed by atoms with van der Waals surface area (Å²) in [6.45, 7) is 4.69. The van der Waals surface area contributed by atoms with E-state index in [2.05, 4.69) is 13.8 Å². The Morgan fingerprint density at radius 3 is 2.45 bits per heavy atom. The van der Waals surface area contributed by atoms with Gasteiger partial charge < -0.3 is 10.0 Å². The number of unbranched alkanes of at least 4 members (excludes halogenated alkanes) is 1. The van der Waals surface area contributed by atoms with Crippen LogP contribution in [0.5, 0.6) is 0 Å². The van der Waals surface area contributed by atoms with Gasteiger partial charge >= 0.3 is 5.97 Å². The zero-order valence-electron chi connectivity index (χ0n) is 17.0. The first-order valence-corrected chi connectivity index (χ1v) is 10.2. The molecule has 0 aliphatic carbocycles. The summed E-state index contributed by atoms with van der Waals surface area (Å²) in [5, 5.41) is 8.91. The lowest BCUT2D eigenvalue weighted by molar-refractivity contribution is -0.137. The number of fused-ring (bicyclic) bond motifs is 1. The zero-order valence-corrected chi connectivity index (χ0v) is 17.0. The first kappa shape index (κ1) is 20.8. The van der Waals surface area contributed by atoms with Gasteiger partial charge in [-0.05, 0) is 31.2 Å². The van der Waals surface area contributed by atoms with Gasteiger partial charge in [-0.1, -0.05) is 62.4 Å². The van der Waals surface area contributed by atoms with E-state index in [0.29, 0.717) is 31.7 Å². The van der Waals surface area contributed by atoms with Crippen molar-refractivity contribution < 1.29 is 14.7 Å². The zero-order chi connectivity index (χ0) is 20.8. The number of carbonyl (C=O) groups excluding carboxylic acids is 1. The van der Waals surface area contributed by atoms with Gasteiger partial charge in [0.05, 0.1) is 11.4 Å². The van der Waals surface area contributed by atoms with Crippen molar-refractivity contribution in [3.8, 4) is 0 Å². The summed E-state index contributed by atoms with van der Waals surface area (Å²) < 4.78 is 0. The Labute approximate surface area is 172 Å². The molecule has 152 valence electrons. The van der Waals surface area contributed by atoms with Crippen molar-refractivity contribution in [1.29, 1.82) is 0 Å². The molecule has 0 radical (unpaired) electrons. The van der Waals surface area contributed by atoms with Crippen LogP contribution in [0.2, 0.25) is 0 Å². The molecule has 3 rings (SSSR count). The number of amides is 1. The van der Waals surface area contributed by atoms with Gasteiger partial charge in [0.2, 0.25) is 0 Å². The first-order valence-electron chi connectivity index (χ1n) is 10.2. The van der Waals surface area contributed by atoms with E-state index in [1.807, 2.05) is 59.5 Å². The molecule has 5 nitrogen and oxygen atoms in total. The van der Waals surface area contributed by atoms with Crippen molar-refractivity contribution >= 4 is 23.3 Å². The Bertz CT molecular complexity index is 890. The van der Waals surface area contributed by atoms with Gasteiger partial charge in [0.15, 0.2) is 0 Å². The molecule has 0 spiro atoms. The van der Waals surface area contributed by atoms with Crippen molar-refractivity contribution in [2.45, 2.75) is 45.6 Å². The third-order valence-electron chi connectivity index (χ3n) is 5.05. The normalized spacial score (nSPS) is 16.4. The maximum atomic E-state index is 13.5. The molecule has 1 amide bonds. The van der Waals surface area contributed by atoms with Gasteiger partial charge in [0.25, 0.3) is 5.91 Å². The first-order chi connectivity index (χ1) is 14.0. The van der Waals surface area contributed by atoms with Gasteiger partial charge in [-0.15, -0.1) is 0 Å². The molecule has 0 saturated carbocycles. The Morgan fingerprint density at radius 2 is 1.76 bits per heavy atom. The number of carbonyl (C=O) groups is 2. The van der Waals surface area contributed by atoms with Crippen LogP contribution in [0, 0.1) is 5.92 Å². The molecule has 2 aromatic rings. The Kier molecular flexibility index (Phi) is 6.81. The van der Waals surface area contributed by atoms with E-state index in [1.54, 1.807) is 0 Å². The molecule has 1 aliphatic heterocycles. The van der Waals surface area contributed by atoms with Crippen molar-refractivity contribution in [3.05, 3.63) is 65.7 Å². The summed E-state index contributed by atoms with van der Waals surface area (Å²) >= 11 is 0.